The first-order chi connectivity index (χ1) is 12.0. The van der Waals surface area contributed by atoms with E-state index in [9.17, 15) is 9.59 Å². The van der Waals surface area contributed by atoms with E-state index in [0.717, 1.165) is 12.0 Å². The van der Waals surface area contributed by atoms with Crippen LogP contribution < -0.4 is 10.6 Å². The summed E-state index contributed by atoms with van der Waals surface area (Å²) in [5, 5.41) is 5.52. The summed E-state index contributed by atoms with van der Waals surface area (Å²) >= 11 is 0. The fourth-order valence-electron chi connectivity index (χ4n) is 2.26. The number of anilines is 2. The van der Waals surface area contributed by atoms with Crippen LogP contribution in [0.15, 0.2) is 48.5 Å². The van der Waals surface area contributed by atoms with Gasteiger partial charge in [0.2, 0.25) is 5.91 Å². The number of carbonyl (C=O) groups is 2. The topological polar surface area (TPSA) is 67.4 Å². The van der Waals surface area contributed by atoms with Gasteiger partial charge in [-0.1, -0.05) is 31.2 Å². The third kappa shape index (κ3) is 6.04. The Morgan fingerprint density at radius 2 is 1.76 bits per heavy atom. The first-order valence-corrected chi connectivity index (χ1v) is 8.36. The van der Waals surface area contributed by atoms with Crippen molar-refractivity contribution in [2.75, 3.05) is 17.2 Å². The van der Waals surface area contributed by atoms with Gasteiger partial charge in [-0.15, -0.1) is 0 Å². The maximum Gasteiger partial charge on any atom is 0.253 e. The van der Waals surface area contributed by atoms with E-state index in [1.807, 2.05) is 49.4 Å². The van der Waals surface area contributed by atoms with Gasteiger partial charge in [0.05, 0.1) is 0 Å². The molecule has 5 heteroatoms. The molecule has 1 atom stereocenters. The molecule has 5 nitrogen and oxygen atoms in total. The number of rotatable bonds is 7. The van der Waals surface area contributed by atoms with Crippen LogP contribution in [0, 0.1) is 6.92 Å². The number of nitrogens with one attached hydrogen (secondary N) is 2. The summed E-state index contributed by atoms with van der Waals surface area (Å²) in [5.41, 5.74) is 3.68. The van der Waals surface area contributed by atoms with Gasteiger partial charge in [-0.3, -0.25) is 9.59 Å². The lowest BCUT2D eigenvalue weighted by molar-refractivity contribution is -0.131. The Morgan fingerprint density at radius 3 is 2.40 bits per heavy atom. The van der Waals surface area contributed by atoms with Crippen molar-refractivity contribution in [3.05, 3.63) is 59.7 Å². The summed E-state index contributed by atoms with van der Waals surface area (Å²) in [4.78, 5) is 24.0. The van der Waals surface area contributed by atoms with E-state index in [4.69, 9.17) is 4.74 Å². The predicted octanol–water partition coefficient (Wildman–Crippen LogP) is 3.54. The third-order valence-electron chi connectivity index (χ3n) is 3.77. The third-order valence-corrected chi connectivity index (χ3v) is 3.77. The van der Waals surface area contributed by atoms with E-state index < -0.39 is 6.10 Å². The highest BCUT2D eigenvalue weighted by Crippen LogP contribution is 2.11. The molecular formula is C20H24N2O3. The Bertz CT molecular complexity index is 726. The molecule has 132 valence electrons. The van der Waals surface area contributed by atoms with Crippen molar-refractivity contribution in [1.29, 1.82) is 0 Å². The van der Waals surface area contributed by atoms with Crippen LogP contribution in [0.5, 0.6) is 0 Å². The molecule has 25 heavy (non-hydrogen) atoms. The maximum absolute atomic E-state index is 12.1. The van der Waals surface area contributed by atoms with Crippen LogP contribution in [-0.2, 0) is 20.7 Å². The second kappa shape index (κ2) is 8.99. The van der Waals surface area contributed by atoms with Crippen LogP contribution in [-0.4, -0.2) is 24.5 Å². The monoisotopic (exact) mass is 340 g/mol. The molecule has 2 N–H and O–H groups in total. The number of hydrogen-bond acceptors (Lipinski definition) is 3. The average Bonchev–Trinajstić information content (AvgIpc) is 2.60. The lowest BCUT2D eigenvalue weighted by Crippen LogP contribution is -2.31. The quantitative estimate of drug-likeness (QED) is 0.810. The van der Waals surface area contributed by atoms with Crippen LogP contribution in [0.4, 0.5) is 11.4 Å². The number of hydrogen-bond donors (Lipinski definition) is 2. The normalized spacial score (nSPS) is 11.6. The van der Waals surface area contributed by atoms with Crippen molar-refractivity contribution < 1.29 is 14.3 Å². The van der Waals surface area contributed by atoms with Crippen LogP contribution in [0.25, 0.3) is 0 Å². The highest BCUT2D eigenvalue weighted by atomic mass is 16.5. The summed E-state index contributed by atoms with van der Waals surface area (Å²) in [7, 11) is 0. The first-order valence-electron chi connectivity index (χ1n) is 8.36. The maximum atomic E-state index is 12.1. The number of aryl methyl sites for hydroxylation is 2. The molecule has 0 fully saturated rings. The van der Waals surface area contributed by atoms with E-state index >= 15 is 0 Å². The molecule has 0 spiro atoms. The van der Waals surface area contributed by atoms with E-state index in [-0.39, 0.29) is 18.4 Å². The molecule has 2 aromatic carbocycles. The SMILES string of the molecule is CCc1ccc(NC(=O)C(C)OCC(=O)Nc2cccc(C)c2)cc1. The number of ether oxygens (including phenoxy) is 1. The van der Waals surface area contributed by atoms with Gasteiger partial charge in [-0.05, 0) is 55.7 Å². The first kappa shape index (κ1) is 18.7. The Kier molecular flexibility index (Phi) is 6.71. The van der Waals surface area contributed by atoms with Crippen molar-refractivity contribution >= 4 is 23.2 Å². The largest absolute Gasteiger partial charge is 0.359 e. The highest BCUT2D eigenvalue weighted by Gasteiger charge is 2.15. The van der Waals surface area contributed by atoms with Gasteiger partial charge >= 0.3 is 0 Å². The Labute approximate surface area is 148 Å². The van der Waals surface area contributed by atoms with Crippen molar-refractivity contribution in [3.8, 4) is 0 Å². The molecule has 0 bridgehead atoms. The molecule has 2 amide bonds. The minimum absolute atomic E-state index is 0.183. The van der Waals surface area contributed by atoms with Crippen LogP contribution >= 0.6 is 0 Å². The van der Waals surface area contributed by atoms with Crippen LogP contribution in [0.3, 0.4) is 0 Å². The molecule has 1 unspecified atom stereocenters. The second-order valence-corrected chi connectivity index (χ2v) is 5.91. The Balaban J connectivity index is 1.79. The summed E-state index contributed by atoms with van der Waals surface area (Å²) in [6.45, 7) is 5.46. The number of benzene rings is 2. The summed E-state index contributed by atoms with van der Waals surface area (Å²) in [5.74, 6) is -0.579. The molecular weight excluding hydrogens is 316 g/mol. The van der Waals surface area contributed by atoms with Gasteiger partial charge < -0.3 is 15.4 Å². The molecule has 0 aliphatic heterocycles. The van der Waals surface area contributed by atoms with Gasteiger partial charge in [0.1, 0.15) is 12.7 Å². The van der Waals surface area contributed by atoms with Gasteiger partial charge in [0.15, 0.2) is 0 Å². The average molecular weight is 340 g/mol. The zero-order valence-corrected chi connectivity index (χ0v) is 14.8. The lowest BCUT2D eigenvalue weighted by atomic mass is 10.1. The van der Waals surface area contributed by atoms with Crippen molar-refractivity contribution in [2.45, 2.75) is 33.3 Å². The molecule has 0 saturated heterocycles. The fraction of sp³-hybridized carbons (Fsp3) is 0.300. The number of carbonyl (C=O) groups excluding carboxylic acids is 2. The second-order valence-electron chi connectivity index (χ2n) is 5.91. The molecule has 2 rings (SSSR count). The standard InChI is InChI=1S/C20H24N2O3/c1-4-16-8-10-17(11-9-16)22-20(24)15(3)25-13-19(23)21-18-7-5-6-14(2)12-18/h5-12,15H,4,13H2,1-3H3,(H,21,23)(H,22,24). The highest BCUT2D eigenvalue weighted by molar-refractivity contribution is 5.95. The van der Waals surface area contributed by atoms with Crippen molar-refractivity contribution in [1.82, 2.24) is 0 Å². The summed E-state index contributed by atoms with van der Waals surface area (Å²) < 4.78 is 5.36. The fourth-order valence-corrected chi connectivity index (χ4v) is 2.26. The van der Waals surface area contributed by atoms with Gasteiger partial charge in [0.25, 0.3) is 5.91 Å². The lowest BCUT2D eigenvalue weighted by Gasteiger charge is -2.14. The van der Waals surface area contributed by atoms with E-state index in [1.165, 1.54) is 5.56 Å². The zero-order valence-electron chi connectivity index (χ0n) is 14.8. The molecule has 0 aliphatic carbocycles. The van der Waals surface area contributed by atoms with Crippen LogP contribution in [0.1, 0.15) is 25.0 Å². The zero-order chi connectivity index (χ0) is 18.2. The Hall–Kier alpha value is -2.66. The van der Waals surface area contributed by atoms with Crippen molar-refractivity contribution in [3.63, 3.8) is 0 Å². The van der Waals surface area contributed by atoms with E-state index in [2.05, 4.69) is 17.6 Å². The summed E-state index contributed by atoms with van der Waals surface area (Å²) in [6, 6.07) is 15.1. The number of amides is 2. The molecule has 0 saturated carbocycles. The van der Waals surface area contributed by atoms with E-state index in [1.54, 1.807) is 13.0 Å². The molecule has 0 radical (unpaired) electrons. The molecule has 0 aromatic heterocycles. The molecule has 2 aromatic rings. The Morgan fingerprint density at radius 1 is 1.04 bits per heavy atom. The van der Waals surface area contributed by atoms with Crippen molar-refractivity contribution in [2.24, 2.45) is 0 Å². The summed E-state index contributed by atoms with van der Waals surface area (Å²) in [6.07, 6.45) is 0.221. The predicted molar refractivity (Wildman–Crippen MR) is 99.7 cm³/mol. The molecule has 0 heterocycles. The van der Waals surface area contributed by atoms with Gasteiger partial charge in [-0.25, -0.2) is 0 Å². The van der Waals surface area contributed by atoms with Crippen LogP contribution in [0.2, 0.25) is 0 Å². The van der Waals surface area contributed by atoms with Gasteiger partial charge in [-0.2, -0.15) is 0 Å². The van der Waals surface area contributed by atoms with E-state index in [0.29, 0.717) is 11.4 Å². The van der Waals surface area contributed by atoms with Gasteiger partial charge in [0, 0.05) is 11.4 Å². The minimum atomic E-state index is -0.728. The molecule has 0 aliphatic rings. The minimum Gasteiger partial charge on any atom is -0.359 e. The smallest absolute Gasteiger partial charge is 0.253 e.